The zero-order valence-corrected chi connectivity index (χ0v) is 16.3. The standard InChI is InChI=1S/C21H21N7O2/c1-2-13(8-22-5-1)17-7-20(26-15-3-4-18-19(6-15)30-12-29-18)28-21(27-17)16(11-25-28)14-9-23-24-10-14/h3-4,6-7,9-11,13,22,26H,1-2,5,8,12H2,(H,23,24). The molecule has 1 unspecified atom stereocenters. The molecule has 1 saturated heterocycles. The van der Waals surface area contributed by atoms with E-state index in [1.807, 2.05) is 35.1 Å². The highest BCUT2D eigenvalue weighted by molar-refractivity contribution is 5.78. The molecule has 1 atom stereocenters. The molecule has 0 spiro atoms. The molecule has 3 N–H and O–H groups in total. The van der Waals surface area contributed by atoms with E-state index in [0.29, 0.717) is 5.92 Å². The fraction of sp³-hybridized carbons (Fsp3) is 0.286. The maximum absolute atomic E-state index is 5.52. The molecule has 1 fully saturated rings. The molecule has 2 aliphatic rings. The number of piperidine rings is 1. The normalized spacial score (nSPS) is 18.1. The van der Waals surface area contributed by atoms with Gasteiger partial charge in [0.05, 0.1) is 18.1 Å². The third-order valence-corrected chi connectivity index (χ3v) is 5.66. The van der Waals surface area contributed by atoms with Gasteiger partial charge in [0.2, 0.25) is 6.79 Å². The van der Waals surface area contributed by atoms with Gasteiger partial charge in [-0.25, -0.2) is 4.98 Å². The Hall–Kier alpha value is -3.59. The van der Waals surface area contributed by atoms with Crippen molar-refractivity contribution in [1.82, 2.24) is 30.1 Å². The van der Waals surface area contributed by atoms with Crippen LogP contribution in [0.3, 0.4) is 0 Å². The number of rotatable bonds is 4. The van der Waals surface area contributed by atoms with Gasteiger partial charge in [-0.1, -0.05) is 0 Å². The first-order valence-electron chi connectivity index (χ1n) is 10.1. The van der Waals surface area contributed by atoms with E-state index in [4.69, 9.17) is 14.5 Å². The third kappa shape index (κ3) is 2.94. The Kier molecular flexibility index (Phi) is 4.05. The number of ether oxygens (including phenoxy) is 2. The molecule has 0 bridgehead atoms. The van der Waals surface area contributed by atoms with Crippen LogP contribution in [-0.4, -0.2) is 44.7 Å². The SMILES string of the molecule is c1cc2c(cc1Nc1cc(C3CCCNC3)nc3c(-c4cn[nH]c4)cnn13)OCO2. The Morgan fingerprint density at radius 2 is 2.10 bits per heavy atom. The lowest BCUT2D eigenvalue weighted by Crippen LogP contribution is -2.29. The van der Waals surface area contributed by atoms with Gasteiger partial charge in [-0.2, -0.15) is 14.7 Å². The molecule has 4 aromatic rings. The highest BCUT2D eigenvalue weighted by Crippen LogP contribution is 2.36. The minimum Gasteiger partial charge on any atom is -0.454 e. The number of fused-ring (bicyclic) bond motifs is 2. The molecule has 2 aliphatic heterocycles. The van der Waals surface area contributed by atoms with Crippen LogP contribution in [0.1, 0.15) is 24.5 Å². The highest BCUT2D eigenvalue weighted by Gasteiger charge is 2.21. The molecular weight excluding hydrogens is 382 g/mol. The van der Waals surface area contributed by atoms with Crippen molar-refractivity contribution in [2.45, 2.75) is 18.8 Å². The Bertz CT molecular complexity index is 1200. The van der Waals surface area contributed by atoms with Gasteiger partial charge < -0.3 is 20.1 Å². The summed E-state index contributed by atoms with van der Waals surface area (Å²) >= 11 is 0. The van der Waals surface area contributed by atoms with E-state index >= 15 is 0 Å². The lowest BCUT2D eigenvalue weighted by atomic mass is 9.96. The number of aromatic nitrogens is 5. The number of anilines is 2. The van der Waals surface area contributed by atoms with Crippen LogP contribution in [0.15, 0.2) is 42.9 Å². The van der Waals surface area contributed by atoms with Crippen LogP contribution in [0.25, 0.3) is 16.8 Å². The van der Waals surface area contributed by atoms with Crippen molar-refractivity contribution in [2.75, 3.05) is 25.2 Å². The van der Waals surface area contributed by atoms with Gasteiger partial charge in [-0.05, 0) is 31.5 Å². The Labute approximate surface area is 172 Å². The second kappa shape index (κ2) is 7.03. The van der Waals surface area contributed by atoms with Crippen LogP contribution in [0.4, 0.5) is 11.5 Å². The van der Waals surface area contributed by atoms with Gasteiger partial charge in [0.15, 0.2) is 17.1 Å². The summed E-state index contributed by atoms with van der Waals surface area (Å²) in [7, 11) is 0. The van der Waals surface area contributed by atoms with Crippen LogP contribution in [0.5, 0.6) is 11.5 Å². The van der Waals surface area contributed by atoms with Crippen molar-refractivity contribution < 1.29 is 9.47 Å². The second-order valence-electron chi connectivity index (χ2n) is 7.58. The molecule has 0 radical (unpaired) electrons. The maximum atomic E-state index is 5.52. The topological polar surface area (TPSA) is 101 Å². The fourth-order valence-electron chi connectivity index (χ4n) is 4.11. The average molecular weight is 403 g/mol. The van der Waals surface area contributed by atoms with Crippen molar-refractivity contribution in [2.24, 2.45) is 0 Å². The monoisotopic (exact) mass is 403 g/mol. The summed E-state index contributed by atoms with van der Waals surface area (Å²) in [6.45, 7) is 2.25. The maximum Gasteiger partial charge on any atom is 0.231 e. The van der Waals surface area contributed by atoms with Crippen molar-refractivity contribution in [3.8, 4) is 22.6 Å². The predicted molar refractivity (Wildman–Crippen MR) is 111 cm³/mol. The van der Waals surface area contributed by atoms with E-state index in [2.05, 4.69) is 32.0 Å². The van der Waals surface area contributed by atoms with E-state index in [1.165, 1.54) is 0 Å². The number of hydrogen-bond acceptors (Lipinski definition) is 7. The first-order valence-corrected chi connectivity index (χ1v) is 10.1. The van der Waals surface area contributed by atoms with Crippen LogP contribution >= 0.6 is 0 Å². The van der Waals surface area contributed by atoms with Crippen LogP contribution < -0.4 is 20.1 Å². The first kappa shape index (κ1) is 17.3. The van der Waals surface area contributed by atoms with Crippen LogP contribution in [0, 0.1) is 0 Å². The Balaban J connectivity index is 1.46. The molecule has 152 valence electrons. The van der Waals surface area contributed by atoms with E-state index in [9.17, 15) is 0 Å². The number of nitrogens with zero attached hydrogens (tertiary/aromatic N) is 4. The van der Waals surface area contributed by atoms with Crippen LogP contribution in [-0.2, 0) is 0 Å². The molecule has 30 heavy (non-hydrogen) atoms. The summed E-state index contributed by atoms with van der Waals surface area (Å²) in [6.07, 6.45) is 7.75. The van der Waals surface area contributed by atoms with E-state index in [0.717, 1.165) is 71.4 Å². The zero-order chi connectivity index (χ0) is 19.9. The minimum atomic E-state index is 0.254. The number of benzene rings is 1. The van der Waals surface area contributed by atoms with Crippen LogP contribution in [0.2, 0.25) is 0 Å². The molecule has 5 heterocycles. The van der Waals surface area contributed by atoms with E-state index < -0.39 is 0 Å². The molecule has 9 nitrogen and oxygen atoms in total. The van der Waals surface area contributed by atoms with Gasteiger partial charge in [0.1, 0.15) is 5.82 Å². The molecule has 0 saturated carbocycles. The highest BCUT2D eigenvalue weighted by atomic mass is 16.7. The quantitative estimate of drug-likeness (QED) is 0.481. The number of nitrogens with one attached hydrogen (secondary N) is 3. The lowest BCUT2D eigenvalue weighted by Gasteiger charge is -2.23. The van der Waals surface area contributed by atoms with E-state index in [1.54, 1.807) is 6.20 Å². The molecule has 6 rings (SSSR count). The van der Waals surface area contributed by atoms with Gasteiger partial charge >= 0.3 is 0 Å². The van der Waals surface area contributed by atoms with Gasteiger partial charge in [-0.15, -0.1) is 0 Å². The molecule has 0 aliphatic carbocycles. The molecule has 9 heteroatoms. The van der Waals surface area contributed by atoms with Gasteiger partial charge in [0.25, 0.3) is 0 Å². The summed E-state index contributed by atoms with van der Waals surface area (Å²) in [6, 6.07) is 7.93. The lowest BCUT2D eigenvalue weighted by molar-refractivity contribution is 0.174. The Morgan fingerprint density at radius 3 is 2.97 bits per heavy atom. The average Bonchev–Trinajstić information content (AvgIpc) is 3.54. The number of H-pyrrole nitrogens is 1. The predicted octanol–water partition coefficient (Wildman–Crippen LogP) is 3.06. The van der Waals surface area contributed by atoms with Crippen molar-refractivity contribution >= 4 is 17.2 Å². The van der Waals surface area contributed by atoms with E-state index in [-0.39, 0.29) is 6.79 Å². The zero-order valence-electron chi connectivity index (χ0n) is 16.3. The van der Waals surface area contributed by atoms with Crippen molar-refractivity contribution in [3.05, 3.63) is 48.5 Å². The first-order chi connectivity index (χ1) is 14.8. The summed E-state index contributed by atoms with van der Waals surface area (Å²) in [5.41, 5.74) is 4.68. The number of aromatic amines is 1. The minimum absolute atomic E-state index is 0.254. The Morgan fingerprint density at radius 1 is 1.13 bits per heavy atom. The largest absolute Gasteiger partial charge is 0.454 e. The summed E-state index contributed by atoms with van der Waals surface area (Å²) < 4.78 is 12.8. The second-order valence-corrected chi connectivity index (χ2v) is 7.58. The van der Waals surface area contributed by atoms with Crippen molar-refractivity contribution in [3.63, 3.8) is 0 Å². The van der Waals surface area contributed by atoms with Gasteiger partial charge in [-0.3, -0.25) is 5.10 Å². The van der Waals surface area contributed by atoms with Gasteiger partial charge in [0, 0.05) is 47.6 Å². The fourth-order valence-corrected chi connectivity index (χ4v) is 4.11. The summed E-state index contributed by atoms with van der Waals surface area (Å²) in [5.74, 6) is 2.72. The number of hydrogen-bond donors (Lipinski definition) is 3. The molecular formula is C21H21N7O2. The summed E-state index contributed by atoms with van der Waals surface area (Å²) in [4.78, 5) is 5.01. The molecule has 0 amide bonds. The third-order valence-electron chi connectivity index (χ3n) is 5.66. The van der Waals surface area contributed by atoms with Crippen molar-refractivity contribution in [1.29, 1.82) is 0 Å². The smallest absolute Gasteiger partial charge is 0.231 e. The summed E-state index contributed by atoms with van der Waals surface area (Å²) in [5, 5.41) is 18.5. The molecule has 3 aromatic heterocycles. The molecule has 1 aromatic carbocycles.